The fraction of sp³-hybridized carbons (Fsp3) is 0.231. The monoisotopic (exact) mass is 271 g/mol. The molecule has 0 amide bonds. The van der Waals surface area contributed by atoms with Gasteiger partial charge in [-0.15, -0.1) is 0 Å². The maximum absolute atomic E-state index is 11.2. The number of carbonyl (C=O) groups is 1. The van der Waals surface area contributed by atoms with Crippen LogP contribution in [0.5, 0.6) is 0 Å². The lowest BCUT2D eigenvalue weighted by atomic mass is 10.1. The molecule has 7 nitrogen and oxygen atoms in total. The van der Waals surface area contributed by atoms with Crippen molar-refractivity contribution in [3.63, 3.8) is 0 Å². The zero-order valence-electron chi connectivity index (χ0n) is 10.8. The molecule has 3 rings (SSSR count). The predicted octanol–water partition coefficient (Wildman–Crippen LogP) is 1.22. The van der Waals surface area contributed by atoms with E-state index in [0.717, 1.165) is 5.56 Å². The van der Waals surface area contributed by atoms with Crippen LogP contribution in [0.1, 0.15) is 24.4 Å². The summed E-state index contributed by atoms with van der Waals surface area (Å²) in [7, 11) is 0. The molecule has 0 radical (unpaired) electrons. The normalized spacial score (nSPS) is 17.1. The van der Waals surface area contributed by atoms with Crippen molar-refractivity contribution in [2.45, 2.75) is 19.4 Å². The van der Waals surface area contributed by atoms with Crippen LogP contribution < -0.4 is 5.32 Å². The van der Waals surface area contributed by atoms with Gasteiger partial charge in [0.2, 0.25) is 5.95 Å². The van der Waals surface area contributed by atoms with Gasteiger partial charge < -0.3 is 10.4 Å². The van der Waals surface area contributed by atoms with E-state index in [1.54, 1.807) is 23.2 Å². The number of hydrogen-bond acceptors (Lipinski definition) is 5. The van der Waals surface area contributed by atoms with Gasteiger partial charge in [0.05, 0.1) is 0 Å². The van der Waals surface area contributed by atoms with Gasteiger partial charge in [-0.2, -0.15) is 10.1 Å². The third-order valence-electron chi connectivity index (χ3n) is 3.10. The number of allylic oxidation sites excluding steroid dienone is 1. The Labute approximate surface area is 115 Å². The molecule has 0 bridgehead atoms. The van der Waals surface area contributed by atoms with Gasteiger partial charge in [0.25, 0.3) is 0 Å². The molecule has 1 aliphatic rings. The fourth-order valence-corrected chi connectivity index (χ4v) is 2.11. The Kier molecular flexibility index (Phi) is 2.94. The van der Waals surface area contributed by atoms with Crippen LogP contribution in [-0.2, 0) is 11.2 Å². The maximum Gasteiger partial charge on any atom is 0.352 e. The molecular formula is C13H13N5O2. The smallest absolute Gasteiger partial charge is 0.352 e. The minimum Gasteiger partial charge on any atom is -0.477 e. The summed E-state index contributed by atoms with van der Waals surface area (Å²) in [4.78, 5) is 19.5. The Balaban J connectivity index is 2.11. The van der Waals surface area contributed by atoms with Crippen molar-refractivity contribution >= 4 is 11.9 Å². The van der Waals surface area contributed by atoms with Crippen LogP contribution in [0.15, 0.2) is 36.3 Å². The number of carboxylic acids is 1. The summed E-state index contributed by atoms with van der Waals surface area (Å²) >= 11 is 0. The first-order valence-electron chi connectivity index (χ1n) is 6.26. The first-order valence-corrected chi connectivity index (χ1v) is 6.26. The van der Waals surface area contributed by atoms with E-state index in [9.17, 15) is 9.90 Å². The molecule has 1 aliphatic heterocycles. The molecule has 0 aliphatic carbocycles. The highest BCUT2D eigenvalue weighted by atomic mass is 16.4. The molecule has 0 unspecified atom stereocenters. The topological polar surface area (TPSA) is 92.9 Å². The molecule has 1 atom stereocenters. The van der Waals surface area contributed by atoms with E-state index in [4.69, 9.17) is 0 Å². The van der Waals surface area contributed by atoms with Crippen LogP contribution in [0.25, 0.3) is 0 Å². The van der Waals surface area contributed by atoms with Crippen molar-refractivity contribution in [1.82, 2.24) is 19.7 Å². The molecule has 102 valence electrons. The number of aromatic nitrogens is 4. The lowest BCUT2D eigenvalue weighted by Gasteiger charge is -2.22. The second-order valence-corrected chi connectivity index (χ2v) is 4.39. The van der Waals surface area contributed by atoms with Crippen molar-refractivity contribution in [3.8, 4) is 0 Å². The highest BCUT2D eigenvalue weighted by Gasteiger charge is 2.26. The molecule has 3 heterocycles. The number of pyridine rings is 1. The van der Waals surface area contributed by atoms with Gasteiger partial charge in [0, 0.05) is 18.8 Å². The number of carboxylic acid groups (broad SMARTS) is 1. The highest BCUT2D eigenvalue weighted by Crippen LogP contribution is 2.28. The van der Waals surface area contributed by atoms with E-state index >= 15 is 0 Å². The summed E-state index contributed by atoms with van der Waals surface area (Å²) < 4.78 is 1.70. The summed E-state index contributed by atoms with van der Waals surface area (Å²) in [5.41, 5.74) is 1.02. The molecule has 0 fully saturated rings. The van der Waals surface area contributed by atoms with E-state index in [2.05, 4.69) is 20.4 Å². The Bertz CT molecular complexity index is 677. The van der Waals surface area contributed by atoms with Crippen molar-refractivity contribution < 1.29 is 9.90 Å². The van der Waals surface area contributed by atoms with Gasteiger partial charge >= 0.3 is 5.97 Å². The average Bonchev–Trinajstić information content (AvgIpc) is 2.90. The second kappa shape index (κ2) is 4.76. The van der Waals surface area contributed by atoms with Crippen molar-refractivity contribution in [2.24, 2.45) is 0 Å². The number of aryl methyl sites for hydroxylation is 1. The Morgan fingerprint density at radius 3 is 2.85 bits per heavy atom. The number of nitrogens with one attached hydrogen (secondary N) is 1. The number of fused-ring (bicyclic) bond motifs is 1. The summed E-state index contributed by atoms with van der Waals surface area (Å²) in [6.07, 6.45) is 5.65. The number of rotatable bonds is 3. The van der Waals surface area contributed by atoms with Gasteiger partial charge in [0.1, 0.15) is 11.7 Å². The SMILES string of the molecule is CCc1nc2n(n1)[C@H](c1ccncc1)C=C(C(=O)O)N2. The van der Waals surface area contributed by atoms with Crippen molar-refractivity contribution in [1.29, 1.82) is 0 Å². The second-order valence-electron chi connectivity index (χ2n) is 4.39. The molecule has 0 saturated heterocycles. The molecule has 20 heavy (non-hydrogen) atoms. The highest BCUT2D eigenvalue weighted by molar-refractivity contribution is 5.90. The van der Waals surface area contributed by atoms with Crippen LogP contribution in [0, 0.1) is 0 Å². The van der Waals surface area contributed by atoms with Gasteiger partial charge in [-0.05, 0) is 23.8 Å². The van der Waals surface area contributed by atoms with Crippen molar-refractivity contribution in [3.05, 3.63) is 47.7 Å². The Morgan fingerprint density at radius 2 is 2.20 bits per heavy atom. The molecular weight excluding hydrogens is 258 g/mol. The standard InChI is InChI=1S/C13H13N5O2/c1-2-11-16-13-15-9(12(19)20)7-10(18(13)17-11)8-3-5-14-6-4-8/h3-7,10H,2H2,1H3,(H,19,20)(H,15,16,17)/t10-/m0/s1. The maximum atomic E-state index is 11.2. The molecule has 0 aromatic carbocycles. The third kappa shape index (κ3) is 2.03. The van der Waals surface area contributed by atoms with Crippen LogP contribution in [0.2, 0.25) is 0 Å². The summed E-state index contributed by atoms with van der Waals surface area (Å²) in [5, 5.41) is 16.4. The molecule has 7 heteroatoms. The third-order valence-corrected chi connectivity index (χ3v) is 3.10. The number of aliphatic carboxylic acids is 1. The number of hydrogen-bond donors (Lipinski definition) is 2. The van der Waals surface area contributed by atoms with E-state index < -0.39 is 5.97 Å². The lowest BCUT2D eigenvalue weighted by Crippen LogP contribution is -2.24. The Morgan fingerprint density at radius 1 is 1.45 bits per heavy atom. The fourth-order valence-electron chi connectivity index (χ4n) is 2.11. The first kappa shape index (κ1) is 12.3. The van der Waals surface area contributed by atoms with E-state index in [0.29, 0.717) is 18.2 Å². The van der Waals surface area contributed by atoms with Crippen molar-refractivity contribution in [2.75, 3.05) is 5.32 Å². The van der Waals surface area contributed by atoms with Gasteiger partial charge in [-0.3, -0.25) is 4.98 Å². The molecule has 2 aromatic heterocycles. The summed E-state index contributed by atoms with van der Waals surface area (Å²) in [6.45, 7) is 1.95. The van der Waals surface area contributed by atoms with E-state index in [1.165, 1.54) is 0 Å². The summed E-state index contributed by atoms with van der Waals surface area (Å²) in [5.74, 6) is 0.103. The number of nitrogens with zero attached hydrogens (tertiary/aromatic N) is 4. The molecule has 2 N–H and O–H groups in total. The van der Waals surface area contributed by atoms with Crippen LogP contribution in [0.4, 0.5) is 5.95 Å². The molecule has 0 saturated carbocycles. The first-order chi connectivity index (χ1) is 9.69. The van der Waals surface area contributed by atoms with Gasteiger partial charge in [-0.25, -0.2) is 9.48 Å². The zero-order chi connectivity index (χ0) is 14.1. The predicted molar refractivity (Wildman–Crippen MR) is 71.1 cm³/mol. The average molecular weight is 271 g/mol. The van der Waals surface area contributed by atoms with Gasteiger partial charge in [-0.1, -0.05) is 6.92 Å². The summed E-state index contributed by atoms with van der Waals surface area (Å²) in [6, 6.07) is 3.37. The quantitative estimate of drug-likeness (QED) is 0.871. The minimum absolute atomic E-state index is 0.106. The van der Waals surface area contributed by atoms with Crippen LogP contribution >= 0.6 is 0 Å². The lowest BCUT2D eigenvalue weighted by molar-refractivity contribution is -0.132. The zero-order valence-corrected chi connectivity index (χ0v) is 10.8. The largest absolute Gasteiger partial charge is 0.477 e. The number of anilines is 1. The van der Waals surface area contributed by atoms with Crippen LogP contribution in [-0.4, -0.2) is 30.8 Å². The van der Waals surface area contributed by atoms with E-state index in [-0.39, 0.29) is 11.7 Å². The minimum atomic E-state index is -1.02. The molecule has 0 spiro atoms. The van der Waals surface area contributed by atoms with Gasteiger partial charge in [0.15, 0.2) is 5.82 Å². The Hall–Kier alpha value is -2.70. The van der Waals surface area contributed by atoms with Crippen LogP contribution in [0.3, 0.4) is 0 Å². The van der Waals surface area contributed by atoms with E-state index in [1.807, 2.05) is 19.1 Å². The molecule has 2 aromatic rings.